The van der Waals surface area contributed by atoms with Crippen LogP contribution in [0, 0.1) is 0 Å². The molecule has 0 aromatic heterocycles. The molecule has 1 N–H and O–H groups in total. The van der Waals surface area contributed by atoms with Gasteiger partial charge in [0.15, 0.2) is 0 Å². The Morgan fingerprint density at radius 1 is 0.854 bits per heavy atom. The highest BCUT2D eigenvalue weighted by molar-refractivity contribution is 9.10. The number of benzene rings is 4. The van der Waals surface area contributed by atoms with Gasteiger partial charge in [-0.1, -0.05) is 58.4 Å². The molecule has 0 saturated heterocycles. The number of carbonyl (C=O) groups excluding carboxylic acids is 2. The van der Waals surface area contributed by atoms with E-state index in [0.717, 1.165) is 9.87 Å². The number of anilines is 1. The summed E-state index contributed by atoms with van der Waals surface area (Å²) < 4.78 is 41.3. The zero-order valence-electron chi connectivity index (χ0n) is 27.9. The minimum Gasteiger partial charge on any atom is -0.497 e. The lowest BCUT2D eigenvalue weighted by molar-refractivity contribution is -0.140. The molecule has 0 bridgehead atoms. The maximum absolute atomic E-state index is 14.7. The Hall–Kier alpha value is -4.35. The highest BCUT2D eigenvalue weighted by Crippen LogP contribution is 2.28. The summed E-state index contributed by atoms with van der Waals surface area (Å²) in [5.74, 6) is 0.242. The van der Waals surface area contributed by atoms with Crippen LogP contribution in [0.4, 0.5) is 5.69 Å². The van der Waals surface area contributed by atoms with Gasteiger partial charge in [0.2, 0.25) is 11.8 Å². The standard InChI is InChI=1S/C37H42BrN3O6S/c1-6-47-31-19-17-30(18-20-31)41(48(44,45)33-21-15-29(38)16-22-33)26-35(42)40(25-28-13-10-14-32(23-28)46-5)34(36(43)39-37(2,3)4)24-27-11-8-7-9-12-27/h7-23,34H,6,24-26H2,1-5H3,(H,39,43). The van der Waals surface area contributed by atoms with Crippen molar-refractivity contribution < 1.29 is 27.5 Å². The number of halogens is 1. The fourth-order valence-corrected chi connectivity index (χ4v) is 6.79. The van der Waals surface area contributed by atoms with Gasteiger partial charge in [-0.15, -0.1) is 0 Å². The van der Waals surface area contributed by atoms with Crippen LogP contribution in [0.25, 0.3) is 0 Å². The minimum atomic E-state index is -4.24. The lowest BCUT2D eigenvalue weighted by Crippen LogP contribution is -2.56. The maximum atomic E-state index is 14.7. The zero-order chi connectivity index (χ0) is 34.9. The molecule has 11 heteroatoms. The van der Waals surface area contributed by atoms with Gasteiger partial charge in [0, 0.05) is 23.0 Å². The first-order valence-electron chi connectivity index (χ1n) is 15.6. The molecule has 254 valence electrons. The molecule has 0 saturated carbocycles. The zero-order valence-corrected chi connectivity index (χ0v) is 30.3. The number of hydrogen-bond acceptors (Lipinski definition) is 6. The van der Waals surface area contributed by atoms with Gasteiger partial charge in [-0.25, -0.2) is 8.42 Å². The summed E-state index contributed by atoms with van der Waals surface area (Å²) in [5.41, 5.74) is 1.25. The van der Waals surface area contributed by atoms with Crippen LogP contribution in [0.5, 0.6) is 11.5 Å². The van der Waals surface area contributed by atoms with Crippen LogP contribution in [0.1, 0.15) is 38.8 Å². The molecule has 1 unspecified atom stereocenters. The van der Waals surface area contributed by atoms with Crippen molar-refractivity contribution in [3.8, 4) is 11.5 Å². The molecule has 0 aliphatic carbocycles. The summed E-state index contributed by atoms with van der Waals surface area (Å²) in [6.07, 6.45) is 0.209. The van der Waals surface area contributed by atoms with Crippen molar-refractivity contribution in [2.24, 2.45) is 0 Å². The Morgan fingerprint density at radius 2 is 1.50 bits per heavy atom. The summed E-state index contributed by atoms with van der Waals surface area (Å²) in [6, 6.07) is 28.5. The molecule has 4 aromatic rings. The summed E-state index contributed by atoms with van der Waals surface area (Å²) >= 11 is 3.37. The van der Waals surface area contributed by atoms with Crippen molar-refractivity contribution in [3.05, 3.63) is 119 Å². The second kappa shape index (κ2) is 16.2. The third kappa shape index (κ3) is 9.84. The predicted octanol–water partition coefficient (Wildman–Crippen LogP) is 6.61. The van der Waals surface area contributed by atoms with Crippen LogP contribution in [0.15, 0.2) is 112 Å². The molecule has 4 aromatic carbocycles. The Labute approximate surface area is 292 Å². The molecule has 48 heavy (non-hydrogen) atoms. The van der Waals surface area contributed by atoms with E-state index in [0.29, 0.717) is 28.1 Å². The van der Waals surface area contributed by atoms with Crippen molar-refractivity contribution in [1.29, 1.82) is 0 Å². The number of hydrogen-bond donors (Lipinski definition) is 1. The number of sulfonamides is 1. The second-order valence-corrected chi connectivity index (χ2v) is 15.0. The highest BCUT2D eigenvalue weighted by Gasteiger charge is 2.35. The van der Waals surface area contributed by atoms with Gasteiger partial charge >= 0.3 is 0 Å². The van der Waals surface area contributed by atoms with Gasteiger partial charge in [0.05, 0.1) is 24.3 Å². The third-order valence-corrected chi connectivity index (χ3v) is 9.69. The average molecular weight is 737 g/mol. The summed E-state index contributed by atoms with van der Waals surface area (Å²) in [5, 5.41) is 3.04. The Morgan fingerprint density at radius 3 is 2.10 bits per heavy atom. The van der Waals surface area contributed by atoms with Crippen LogP contribution in [0.3, 0.4) is 0 Å². The number of nitrogens with one attached hydrogen (secondary N) is 1. The predicted molar refractivity (Wildman–Crippen MR) is 192 cm³/mol. The number of amides is 2. The largest absolute Gasteiger partial charge is 0.497 e. The molecular formula is C37H42BrN3O6S. The quantitative estimate of drug-likeness (QED) is 0.156. The Balaban J connectivity index is 1.83. The molecule has 0 spiro atoms. The first-order chi connectivity index (χ1) is 22.8. The number of nitrogens with zero attached hydrogens (tertiary/aromatic N) is 2. The normalized spacial score (nSPS) is 12.1. The second-order valence-electron chi connectivity index (χ2n) is 12.2. The molecule has 9 nitrogen and oxygen atoms in total. The van der Waals surface area contributed by atoms with Gasteiger partial charge in [0.1, 0.15) is 24.1 Å². The van der Waals surface area contributed by atoms with Crippen LogP contribution < -0.4 is 19.1 Å². The summed E-state index contributed by atoms with van der Waals surface area (Å²) in [6.45, 7) is 7.38. The van der Waals surface area contributed by atoms with Crippen molar-refractivity contribution in [2.45, 2.75) is 57.1 Å². The lowest BCUT2D eigenvalue weighted by Gasteiger charge is -2.35. The third-order valence-electron chi connectivity index (χ3n) is 7.37. The van der Waals surface area contributed by atoms with E-state index in [1.165, 1.54) is 17.0 Å². The molecule has 4 rings (SSSR count). The monoisotopic (exact) mass is 735 g/mol. The van der Waals surface area contributed by atoms with Crippen LogP contribution in [-0.2, 0) is 32.6 Å². The maximum Gasteiger partial charge on any atom is 0.264 e. The first kappa shape index (κ1) is 36.5. The van der Waals surface area contributed by atoms with Gasteiger partial charge < -0.3 is 19.7 Å². The molecule has 2 amide bonds. The molecular weight excluding hydrogens is 694 g/mol. The average Bonchev–Trinajstić information content (AvgIpc) is 3.05. The van der Waals surface area contributed by atoms with E-state index in [-0.39, 0.29) is 29.5 Å². The fourth-order valence-electron chi connectivity index (χ4n) is 5.11. The molecule has 0 aliphatic rings. The summed E-state index contributed by atoms with van der Waals surface area (Å²) in [4.78, 5) is 30.2. The van der Waals surface area contributed by atoms with Crippen molar-refractivity contribution in [3.63, 3.8) is 0 Å². The topological polar surface area (TPSA) is 105 Å². The van der Waals surface area contributed by atoms with E-state index >= 15 is 0 Å². The molecule has 0 aliphatic heterocycles. The van der Waals surface area contributed by atoms with E-state index in [4.69, 9.17) is 9.47 Å². The van der Waals surface area contributed by atoms with Gasteiger partial charge in [-0.2, -0.15) is 0 Å². The molecule has 1 atom stereocenters. The SMILES string of the molecule is CCOc1ccc(N(CC(=O)N(Cc2cccc(OC)c2)C(Cc2ccccc2)C(=O)NC(C)(C)C)S(=O)(=O)c2ccc(Br)cc2)cc1. The van der Waals surface area contributed by atoms with Gasteiger partial charge in [-0.05, 0) is 99.5 Å². The molecule has 0 fully saturated rings. The minimum absolute atomic E-state index is 0.0121. The lowest BCUT2D eigenvalue weighted by atomic mass is 10.0. The Kier molecular flexibility index (Phi) is 12.3. The van der Waals surface area contributed by atoms with E-state index in [2.05, 4.69) is 21.2 Å². The van der Waals surface area contributed by atoms with Gasteiger partial charge in [-0.3, -0.25) is 13.9 Å². The Bertz CT molecular complexity index is 1780. The van der Waals surface area contributed by atoms with E-state index in [1.807, 2.05) is 70.2 Å². The molecule has 0 radical (unpaired) electrons. The van der Waals surface area contributed by atoms with Crippen LogP contribution in [-0.4, -0.2) is 57.0 Å². The van der Waals surface area contributed by atoms with Crippen LogP contribution in [0.2, 0.25) is 0 Å². The number of methoxy groups -OCH3 is 1. The number of carbonyl (C=O) groups is 2. The van der Waals surface area contributed by atoms with Crippen molar-refractivity contribution in [2.75, 3.05) is 24.6 Å². The fraction of sp³-hybridized carbons (Fsp3) is 0.297. The smallest absolute Gasteiger partial charge is 0.264 e. The van der Waals surface area contributed by atoms with Crippen molar-refractivity contribution in [1.82, 2.24) is 10.2 Å². The van der Waals surface area contributed by atoms with E-state index in [9.17, 15) is 18.0 Å². The highest BCUT2D eigenvalue weighted by atomic mass is 79.9. The van der Waals surface area contributed by atoms with E-state index < -0.39 is 34.1 Å². The molecule has 0 heterocycles. The van der Waals surface area contributed by atoms with Crippen molar-refractivity contribution >= 4 is 43.5 Å². The van der Waals surface area contributed by atoms with Crippen LogP contribution >= 0.6 is 15.9 Å². The number of ether oxygens (including phenoxy) is 2. The van der Waals surface area contributed by atoms with E-state index in [1.54, 1.807) is 55.6 Å². The summed E-state index contributed by atoms with van der Waals surface area (Å²) in [7, 11) is -2.68. The van der Waals surface area contributed by atoms with Gasteiger partial charge in [0.25, 0.3) is 10.0 Å². The first-order valence-corrected chi connectivity index (χ1v) is 17.8. The number of rotatable bonds is 14.